The summed E-state index contributed by atoms with van der Waals surface area (Å²) < 4.78 is 5.44. The van der Waals surface area contributed by atoms with Gasteiger partial charge in [-0.05, 0) is 48.6 Å². The lowest BCUT2D eigenvalue weighted by atomic mass is 10.0. The van der Waals surface area contributed by atoms with Crippen molar-refractivity contribution in [3.8, 4) is 0 Å². The topological polar surface area (TPSA) is 105 Å². The molecule has 1 atom stereocenters. The molecule has 0 bridgehead atoms. The molecule has 168 valence electrons. The second-order valence-electron chi connectivity index (χ2n) is 8.90. The fourth-order valence-corrected chi connectivity index (χ4v) is 4.00. The summed E-state index contributed by atoms with van der Waals surface area (Å²) in [4.78, 5) is 44.1. The first-order valence-electron chi connectivity index (χ1n) is 11.1. The Labute approximate surface area is 191 Å². The van der Waals surface area contributed by atoms with Gasteiger partial charge in [0.25, 0.3) is 17.7 Å². The van der Waals surface area contributed by atoms with Crippen molar-refractivity contribution in [1.29, 1.82) is 0 Å². The first-order valence-corrected chi connectivity index (χ1v) is 11.1. The van der Waals surface area contributed by atoms with Gasteiger partial charge in [-0.3, -0.25) is 19.3 Å². The summed E-state index contributed by atoms with van der Waals surface area (Å²) in [6.07, 6.45) is 2.13. The summed E-state index contributed by atoms with van der Waals surface area (Å²) >= 11 is 0. The van der Waals surface area contributed by atoms with Crippen LogP contribution in [0.1, 0.15) is 87.0 Å². The van der Waals surface area contributed by atoms with E-state index >= 15 is 0 Å². The molecule has 3 aromatic rings. The number of fused-ring (bicyclic) bond motifs is 1. The summed E-state index contributed by atoms with van der Waals surface area (Å²) in [5, 5.41) is 7.05. The van der Waals surface area contributed by atoms with Crippen LogP contribution in [0.15, 0.2) is 53.1 Å². The van der Waals surface area contributed by atoms with E-state index in [4.69, 9.17) is 4.52 Å². The zero-order valence-corrected chi connectivity index (χ0v) is 18.4. The van der Waals surface area contributed by atoms with Gasteiger partial charge in [-0.25, -0.2) is 0 Å². The van der Waals surface area contributed by atoms with Crippen LogP contribution in [-0.2, 0) is 6.54 Å². The minimum absolute atomic E-state index is 0.0444. The maximum Gasteiger partial charge on any atom is 0.261 e. The predicted molar refractivity (Wildman–Crippen MR) is 118 cm³/mol. The van der Waals surface area contributed by atoms with E-state index in [2.05, 4.69) is 15.5 Å². The van der Waals surface area contributed by atoms with Crippen molar-refractivity contribution < 1.29 is 18.9 Å². The van der Waals surface area contributed by atoms with E-state index < -0.39 is 6.04 Å². The Hall–Kier alpha value is -3.81. The Morgan fingerprint density at radius 3 is 2.42 bits per heavy atom. The van der Waals surface area contributed by atoms with Crippen LogP contribution in [0.2, 0.25) is 0 Å². The maximum atomic E-state index is 13.0. The molecule has 0 spiro atoms. The highest BCUT2D eigenvalue weighted by molar-refractivity contribution is 6.21. The molecule has 1 unspecified atom stereocenters. The smallest absolute Gasteiger partial charge is 0.261 e. The average molecular weight is 444 g/mol. The highest BCUT2D eigenvalue weighted by Gasteiger charge is 2.35. The average Bonchev–Trinajstić information content (AvgIpc) is 3.51. The number of carbonyl (C=O) groups is 3. The zero-order chi connectivity index (χ0) is 23.1. The van der Waals surface area contributed by atoms with Crippen LogP contribution in [0, 0.1) is 5.92 Å². The number of rotatable bonds is 7. The van der Waals surface area contributed by atoms with Crippen LogP contribution in [0.5, 0.6) is 0 Å². The van der Waals surface area contributed by atoms with Crippen molar-refractivity contribution in [3.63, 3.8) is 0 Å². The minimum atomic E-state index is -0.419. The normalized spacial score (nSPS) is 16.3. The molecule has 1 aromatic heterocycles. The van der Waals surface area contributed by atoms with Gasteiger partial charge in [0.2, 0.25) is 5.89 Å². The summed E-state index contributed by atoms with van der Waals surface area (Å²) in [5.41, 5.74) is 1.92. The van der Waals surface area contributed by atoms with E-state index in [1.54, 1.807) is 48.5 Å². The second kappa shape index (κ2) is 8.27. The number of carbonyl (C=O) groups excluding carboxylic acids is 3. The van der Waals surface area contributed by atoms with Crippen LogP contribution < -0.4 is 5.32 Å². The standard InChI is InChI=1S/C25H24N4O4/c1-14(2)20(23-27-21(28-33-23)16-10-11-16)26-22(30)17-7-5-6-15(12-17)13-29-24(31)18-8-3-4-9-19(18)25(29)32/h3-9,12,14,16,20H,10-11,13H2,1-2H3,(H,26,30). The van der Waals surface area contributed by atoms with Crippen LogP contribution in [0.3, 0.4) is 0 Å². The van der Waals surface area contributed by atoms with Crippen molar-refractivity contribution >= 4 is 17.7 Å². The Morgan fingerprint density at radius 1 is 1.09 bits per heavy atom. The largest absolute Gasteiger partial charge is 0.340 e. The Morgan fingerprint density at radius 2 is 1.79 bits per heavy atom. The molecule has 0 radical (unpaired) electrons. The zero-order valence-electron chi connectivity index (χ0n) is 18.4. The molecule has 2 aromatic carbocycles. The van der Waals surface area contributed by atoms with Gasteiger partial charge in [0, 0.05) is 11.5 Å². The number of hydrogen-bond acceptors (Lipinski definition) is 6. The number of imide groups is 1. The maximum absolute atomic E-state index is 13.0. The van der Waals surface area contributed by atoms with Gasteiger partial charge in [0.15, 0.2) is 5.82 Å². The third-order valence-electron chi connectivity index (χ3n) is 6.03. The van der Waals surface area contributed by atoms with Crippen molar-refractivity contribution in [2.24, 2.45) is 5.92 Å². The van der Waals surface area contributed by atoms with Crippen LogP contribution >= 0.6 is 0 Å². The molecule has 5 rings (SSSR count). The summed E-state index contributed by atoms with van der Waals surface area (Å²) in [7, 11) is 0. The molecule has 8 heteroatoms. The summed E-state index contributed by atoms with van der Waals surface area (Å²) in [6.45, 7) is 4.05. The monoisotopic (exact) mass is 444 g/mol. The molecule has 0 saturated heterocycles. The van der Waals surface area contributed by atoms with Gasteiger partial charge in [-0.15, -0.1) is 0 Å². The summed E-state index contributed by atoms with van der Waals surface area (Å²) in [6, 6.07) is 13.3. The van der Waals surface area contributed by atoms with Crippen LogP contribution in [0.25, 0.3) is 0 Å². The Bertz CT molecular complexity index is 1210. The molecular weight excluding hydrogens is 420 g/mol. The number of hydrogen-bond donors (Lipinski definition) is 1. The fourth-order valence-electron chi connectivity index (χ4n) is 4.00. The van der Waals surface area contributed by atoms with Crippen molar-refractivity contribution in [2.75, 3.05) is 0 Å². The first kappa shape index (κ1) is 21.1. The third-order valence-corrected chi connectivity index (χ3v) is 6.03. The van der Waals surface area contributed by atoms with Crippen LogP contribution in [-0.4, -0.2) is 32.8 Å². The predicted octanol–water partition coefficient (Wildman–Crippen LogP) is 3.87. The third kappa shape index (κ3) is 4.04. The molecule has 1 fully saturated rings. The first-order chi connectivity index (χ1) is 15.9. The van der Waals surface area contributed by atoms with Gasteiger partial charge >= 0.3 is 0 Å². The molecule has 3 amide bonds. The van der Waals surface area contributed by atoms with E-state index in [9.17, 15) is 14.4 Å². The molecule has 8 nitrogen and oxygen atoms in total. The molecule has 1 saturated carbocycles. The highest BCUT2D eigenvalue weighted by Crippen LogP contribution is 2.38. The lowest BCUT2D eigenvalue weighted by Crippen LogP contribution is -2.32. The van der Waals surface area contributed by atoms with Crippen LogP contribution in [0.4, 0.5) is 0 Å². The van der Waals surface area contributed by atoms with E-state index in [1.807, 2.05) is 13.8 Å². The number of nitrogens with one attached hydrogen (secondary N) is 1. The number of amides is 3. The Balaban J connectivity index is 1.31. The minimum Gasteiger partial charge on any atom is -0.340 e. The van der Waals surface area contributed by atoms with E-state index in [0.717, 1.165) is 12.8 Å². The van der Waals surface area contributed by atoms with Gasteiger partial charge in [-0.2, -0.15) is 4.98 Å². The molecule has 2 heterocycles. The van der Waals surface area contributed by atoms with E-state index in [1.165, 1.54) is 4.90 Å². The van der Waals surface area contributed by atoms with Gasteiger partial charge in [0.05, 0.1) is 17.7 Å². The van der Waals surface area contributed by atoms with E-state index in [-0.39, 0.29) is 30.2 Å². The summed E-state index contributed by atoms with van der Waals surface area (Å²) in [5.74, 6) is 0.577. The van der Waals surface area contributed by atoms with Crippen molar-refractivity contribution in [2.45, 2.75) is 45.2 Å². The van der Waals surface area contributed by atoms with Gasteiger partial charge in [0.1, 0.15) is 6.04 Å². The van der Waals surface area contributed by atoms with Gasteiger partial charge < -0.3 is 9.84 Å². The lowest BCUT2D eigenvalue weighted by molar-refractivity contribution is 0.0642. The number of aromatic nitrogens is 2. The number of benzene rings is 2. The molecule has 2 aliphatic rings. The molecule has 33 heavy (non-hydrogen) atoms. The SMILES string of the molecule is CC(C)C(NC(=O)c1cccc(CN2C(=O)c3ccccc3C2=O)c1)c1nc(C2CC2)no1. The van der Waals surface area contributed by atoms with Gasteiger partial charge in [-0.1, -0.05) is 43.3 Å². The Kier molecular flexibility index (Phi) is 5.28. The highest BCUT2D eigenvalue weighted by atomic mass is 16.5. The molecular formula is C25H24N4O4. The van der Waals surface area contributed by atoms with E-state index in [0.29, 0.717) is 39.9 Å². The molecule has 1 N–H and O–H groups in total. The number of nitrogens with zero attached hydrogens (tertiary/aromatic N) is 3. The van der Waals surface area contributed by atoms with Crippen molar-refractivity contribution in [1.82, 2.24) is 20.4 Å². The molecule has 1 aliphatic carbocycles. The quantitative estimate of drug-likeness (QED) is 0.555. The lowest BCUT2D eigenvalue weighted by Gasteiger charge is -2.19. The van der Waals surface area contributed by atoms with Crippen molar-refractivity contribution in [3.05, 3.63) is 82.5 Å². The fraction of sp³-hybridized carbons (Fsp3) is 0.320. The molecule has 1 aliphatic heterocycles. The second-order valence-corrected chi connectivity index (χ2v) is 8.90.